The van der Waals surface area contributed by atoms with Gasteiger partial charge in [0, 0.05) is 24.2 Å². The molecule has 0 aliphatic rings. The third-order valence-electron chi connectivity index (χ3n) is 4.09. The highest BCUT2D eigenvalue weighted by Gasteiger charge is 2.25. The second-order valence-electron chi connectivity index (χ2n) is 6.85. The van der Waals surface area contributed by atoms with Crippen molar-refractivity contribution in [1.29, 1.82) is 0 Å². The van der Waals surface area contributed by atoms with E-state index in [2.05, 4.69) is 16.0 Å². The zero-order chi connectivity index (χ0) is 19.7. The lowest BCUT2D eigenvalue weighted by molar-refractivity contribution is -0.130. The van der Waals surface area contributed by atoms with Crippen LogP contribution in [0.25, 0.3) is 0 Å². The fourth-order valence-electron chi connectivity index (χ4n) is 2.51. The van der Waals surface area contributed by atoms with E-state index >= 15 is 0 Å². The molecule has 2 amide bonds. The van der Waals surface area contributed by atoms with E-state index in [1.54, 1.807) is 6.92 Å². The Balaban J connectivity index is 2.47. The number of nitrogens with two attached hydrogens (primary N) is 1. The first kappa shape index (κ1) is 22.4. The van der Waals surface area contributed by atoms with E-state index in [1.807, 2.05) is 45.0 Å². The van der Waals surface area contributed by atoms with Crippen LogP contribution in [0.1, 0.15) is 33.3 Å². The highest BCUT2D eigenvalue weighted by Crippen LogP contribution is 2.10. The van der Waals surface area contributed by atoms with Gasteiger partial charge in [-0.25, -0.2) is 0 Å². The molecule has 0 spiro atoms. The Hall–Kier alpha value is -1.63. The first-order valence-electron chi connectivity index (χ1n) is 9.06. The van der Waals surface area contributed by atoms with Gasteiger partial charge in [0.25, 0.3) is 0 Å². The molecule has 0 aliphatic carbocycles. The molecule has 146 valence electrons. The normalized spacial score (nSPS) is 14.6. The van der Waals surface area contributed by atoms with Crippen molar-refractivity contribution in [2.45, 2.75) is 52.2 Å². The number of carbonyl (C=O) groups is 2. The van der Waals surface area contributed by atoms with Crippen molar-refractivity contribution in [2.75, 3.05) is 13.1 Å². The molecule has 0 saturated heterocycles. The molecule has 0 bridgehead atoms. The molecule has 0 aromatic heterocycles. The molecule has 0 radical (unpaired) electrons. The van der Waals surface area contributed by atoms with Crippen molar-refractivity contribution in [3.05, 3.63) is 34.9 Å². The van der Waals surface area contributed by atoms with E-state index in [0.717, 1.165) is 5.56 Å². The van der Waals surface area contributed by atoms with Crippen molar-refractivity contribution < 1.29 is 9.59 Å². The monoisotopic (exact) mass is 382 g/mol. The van der Waals surface area contributed by atoms with Gasteiger partial charge in [0.05, 0.1) is 6.04 Å². The average Bonchev–Trinajstić information content (AvgIpc) is 2.59. The van der Waals surface area contributed by atoms with E-state index in [0.29, 0.717) is 24.5 Å². The van der Waals surface area contributed by atoms with Gasteiger partial charge in [-0.2, -0.15) is 0 Å². The Morgan fingerprint density at radius 3 is 2.27 bits per heavy atom. The molecule has 1 aromatic rings. The highest BCUT2D eigenvalue weighted by atomic mass is 35.5. The Morgan fingerprint density at radius 1 is 1.12 bits per heavy atom. The van der Waals surface area contributed by atoms with Crippen LogP contribution >= 0.6 is 11.6 Å². The van der Waals surface area contributed by atoms with Gasteiger partial charge in [0.1, 0.15) is 6.04 Å². The van der Waals surface area contributed by atoms with Crippen molar-refractivity contribution in [1.82, 2.24) is 16.0 Å². The zero-order valence-corrected chi connectivity index (χ0v) is 16.8. The predicted octanol–water partition coefficient (Wildman–Crippen LogP) is 1.46. The van der Waals surface area contributed by atoms with E-state index < -0.39 is 12.1 Å². The maximum Gasteiger partial charge on any atom is 0.242 e. The summed E-state index contributed by atoms with van der Waals surface area (Å²) < 4.78 is 0. The van der Waals surface area contributed by atoms with Crippen molar-refractivity contribution in [2.24, 2.45) is 11.7 Å². The zero-order valence-electron chi connectivity index (χ0n) is 16.0. The minimum absolute atomic E-state index is 0.00450. The fourth-order valence-corrected chi connectivity index (χ4v) is 2.64. The molecule has 1 rings (SSSR count). The van der Waals surface area contributed by atoms with Crippen molar-refractivity contribution in [3.63, 3.8) is 0 Å². The topological polar surface area (TPSA) is 96.2 Å². The average molecular weight is 383 g/mol. The summed E-state index contributed by atoms with van der Waals surface area (Å²) in [4.78, 5) is 24.4. The van der Waals surface area contributed by atoms with Crippen LogP contribution < -0.4 is 21.7 Å². The molecule has 3 atom stereocenters. The van der Waals surface area contributed by atoms with Crippen LogP contribution in [-0.4, -0.2) is 43.0 Å². The smallest absolute Gasteiger partial charge is 0.242 e. The van der Waals surface area contributed by atoms with Gasteiger partial charge in [-0.15, -0.1) is 0 Å². The van der Waals surface area contributed by atoms with E-state index in [1.165, 1.54) is 0 Å². The summed E-state index contributed by atoms with van der Waals surface area (Å²) in [7, 11) is 0. The maximum absolute atomic E-state index is 12.4. The van der Waals surface area contributed by atoms with Gasteiger partial charge >= 0.3 is 0 Å². The van der Waals surface area contributed by atoms with E-state index in [4.69, 9.17) is 17.3 Å². The number of benzene rings is 1. The minimum atomic E-state index is -0.547. The largest absolute Gasteiger partial charge is 0.355 e. The number of hydrogen-bond donors (Lipinski definition) is 4. The summed E-state index contributed by atoms with van der Waals surface area (Å²) in [5.74, 6) is -0.374. The molecule has 7 heteroatoms. The van der Waals surface area contributed by atoms with Gasteiger partial charge in [0.15, 0.2) is 0 Å². The maximum atomic E-state index is 12.4. The molecule has 6 nitrogen and oxygen atoms in total. The quantitative estimate of drug-likeness (QED) is 0.492. The number of likely N-dealkylation sites (N-methyl/N-ethyl adjacent to an activating group) is 1. The standard InChI is InChI=1S/C19H31ClN4O2/c1-5-22-19(26)17(12(2)3)24-18(25)13(4)23-11-16(21)10-14-6-8-15(20)9-7-14/h6-9,12-13,16-17,23H,5,10-11,21H2,1-4H3,(H,22,26)(H,24,25)/t13-,16-,17-/m0/s1. The third kappa shape index (κ3) is 7.72. The molecule has 5 N–H and O–H groups in total. The second-order valence-corrected chi connectivity index (χ2v) is 7.28. The lowest BCUT2D eigenvalue weighted by Gasteiger charge is -2.24. The summed E-state index contributed by atoms with van der Waals surface area (Å²) >= 11 is 5.87. The molecular formula is C19H31ClN4O2. The van der Waals surface area contributed by atoms with Gasteiger partial charge < -0.3 is 21.7 Å². The predicted molar refractivity (Wildman–Crippen MR) is 106 cm³/mol. The molecule has 26 heavy (non-hydrogen) atoms. The molecule has 0 heterocycles. The van der Waals surface area contributed by atoms with Gasteiger partial charge in [-0.05, 0) is 43.9 Å². The van der Waals surface area contributed by atoms with Crippen LogP contribution in [-0.2, 0) is 16.0 Å². The molecule has 0 aliphatic heterocycles. The molecule has 1 aromatic carbocycles. The van der Waals surface area contributed by atoms with E-state index in [9.17, 15) is 9.59 Å². The lowest BCUT2D eigenvalue weighted by Crippen LogP contribution is -2.55. The first-order valence-corrected chi connectivity index (χ1v) is 9.43. The van der Waals surface area contributed by atoms with Gasteiger partial charge in [-0.3, -0.25) is 9.59 Å². The minimum Gasteiger partial charge on any atom is -0.355 e. The second kappa shape index (κ2) is 11.2. The SMILES string of the molecule is CCNC(=O)[C@@H](NC(=O)[C@H](C)NC[C@@H](N)Cc1ccc(Cl)cc1)C(C)C. The van der Waals surface area contributed by atoms with E-state index in [-0.39, 0.29) is 23.8 Å². The summed E-state index contributed by atoms with van der Waals surface area (Å²) in [5.41, 5.74) is 7.23. The molecule has 0 unspecified atom stereocenters. The number of rotatable bonds is 10. The summed E-state index contributed by atoms with van der Waals surface area (Å²) in [5, 5.41) is 9.39. The van der Waals surface area contributed by atoms with Crippen LogP contribution in [0.4, 0.5) is 0 Å². The summed E-state index contributed by atoms with van der Waals surface area (Å²) in [6, 6.07) is 6.43. The molecular weight excluding hydrogens is 352 g/mol. The third-order valence-corrected chi connectivity index (χ3v) is 4.34. The number of nitrogens with one attached hydrogen (secondary N) is 3. The number of amides is 2. The Morgan fingerprint density at radius 2 is 1.73 bits per heavy atom. The van der Waals surface area contributed by atoms with Crippen molar-refractivity contribution in [3.8, 4) is 0 Å². The number of carbonyl (C=O) groups excluding carboxylic acids is 2. The Labute approximate surface area is 161 Å². The highest BCUT2D eigenvalue weighted by molar-refractivity contribution is 6.30. The lowest BCUT2D eigenvalue weighted by atomic mass is 10.0. The van der Waals surface area contributed by atoms with Crippen molar-refractivity contribution >= 4 is 23.4 Å². The Kier molecular flexibility index (Phi) is 9.62. The van der Waals surface area contributed by atoms with Crippen LogP contribution in [0.15, 0.2) is 24.3 Å². The summed E-state index contributed by atoms with van der Waals surface area (Å²) in [6.45, 7) is 8.44. The van der Waals surface area contributed by atoms with Gasteiger partial charge in [0.2, 0.25) is 11.8 Å². The number of hydrogen-bond acceptors (Lipinski definition) is 4. The first-order chi connectivity index (χ1) is 12.2. The fraction of sp³-hybridized carbons (Fsp3) is 0.579. The Bertz CT molecular complexity index is 577. The van der Waals surface area contributed by atoms with Crippen LogP contribution in [0, 0.1) is 5.92 Å². The van der Waals surface area contributed by atoms with Crippen LogP contribution in [0.5, 0.6) is 0 Å². The van der Waals surface area contributed by atoms with Crippen LogP contribution in [0.3, 0.4) is 0 Å². The molecule has 0 fully saturated rings. The molecule has 0 saturated carbocycles. The summed E-state index contributed by atoms with van der Waals surface area (Å²) in [6.07, 6.45) is 0.687. The van der Waals surface area contributed by atoms with Crippen LogP contribution in [0.2, 0.25) is 5.02 Å². The van der Waals surface area contributed by atoms with Gasteiger partial charge in [-0.1, -0.05) is 37.6 Å². The number of halogens is 1.